The van der Waals surface area contributed by atoms with Crippen molar-refractivity contribution in [2.24, 2.45) is 4.99 Å². The van der Waals surface area contributed by atoms with Crippen molar-refractivity contribution >= 4 is 57.1 Å². The van der Waals surface area contributed by atoms with Gasteiger partial charge in [0.2, 0.25) is 0 Å². The second-order valence-electron chi connectivity index (χ2n) is 6.97. The molecule has 2 aromatic carbocycles. The lowest BCUT2D eigenvalue weighted by atomic mass is 10.1. The Morgan fingerprint density at radius 3 is 2.75 bits per heavy atom. The number of halogens is 1. The highest BCUT2D eigenvalue weighted by atomic mass is 35.5. The van der Waals surface area contributed by atoms with Crippen LogP contribution in [0.25, 0.3) is 17.0 Å². The van der Waals surface area contributed by atoms with Gasteiger partial charge < -0.3 is 9.88 Å². The summed E-state index contributed by atoms with van der Waals surface area (Å²) in [6.07, 6.45) is 4.04. The van der Waals surface area contributed by atoms with Crippen LogP contribution < -0.4 is 5.32 Å². The third kappa shape index (κ3) is 3.48. The lowest BCUT2D eigenvalue weighted by Crippen LogP contribution is -2.19. The van der Waals surface area contributed by atoms with Crippen LogP contribution in [0.2, 0.25) is 5.02 Å². The van der Waals surface area contributed by atoms with Gasteiger partial charge in [-0.3, -0.25) is 4.79 Å². The van der Waals surface area contributed by atoms with Crippen LogP contribution in [0, 0.1) is 6.92 Å². The summed E-state index contributed by atoms with van der Waals surface area (Å²) < 4.78 is 2.23. The molecule has 0 spiro atoms. The van der Waals surface area contributed by atoms with Crippen molar-refractivity contribution in [2.75, 3.05) is 0 Å². The summed E-state index contributed by atoms with van der Waals surface area (Å²) in [4.78, 5) is 17.7. The van der Waals surface area contributed by atoms with Crippen molar-refractivity contribution < 1.29 is 4.79 Å². The molecule has 6 heteroatoms. The molecule has 0 aliphatic carbocycles. The molecular formula is C22H20ClN3OS. The molecule has 1 aliphatic heterocycles. The number of hydrogen-bond acceptors (Lipinski definition) is 3. The number of aromatic nitrogens is 1. The SMILES string of the molecule is Cc1c(Cl)cccc1N=C1NC(=O)/C(=C\c2cn(C(C)C)c3ccccc23)S1. The number of rotatable bonds is 3. The summed E-state index contributed by atoms with van der Waals surface area (Å²) in [5.74, 6) is -0.134. The molecule has 3 aromatic rings. The van der Waals surface area contributed by atoms with Crippen LogP contribution >= 0.6 is 23.4 Å². The van der Waals surface area contributed by atoms with Gasteiger partial charge in [0, 0.05) is 33.7 Å². The van der Waals surface area contributed by atoms with E-state index < -0.39 is 0 Å². The van der Waals surface area contributed by atoms with E-state index in [-0.39, 0.29) is 5.91 Å². The first-order valence-corrected chi connectivity index (χ1v) is 10.3. The molecule has 1 aliphatic rings. The molecule has 0 bridgehead atoms. The zero-order chi connectivity index (χ0) is 19.8. The number of nitrogens with one attached hydrogen (secondary N) is 1. The molecule has 142 valence electrons. The maximum atomic E-state index is 12.5. The van der Waals surface area contributed by atoms with E-state index in [0.29, 0.717) is 21.1 Å². The van der Waals surface area contributed by atoms with Gasteiger partial charge in [-0.25, -0.2) is 4.99 Å². The fraction of sp³-hybridized carbons (Fsp3) is 0.182. The molecular weight excluding hydrogens is 390 g/mol. The number of thioether (sulfide) groups is 1. The third-order valence-corrected chi connectivity index (χ3v) is 6.05. The first-order chi connectivity index (χ1) is 13.4. The van der Waals surface area contributed by atoms with E-state index in [4.69, 9.17) is 11.6 Å². The van der Waals surface area contributed by atoms with Crippen LogP contribution in [0.5, 0.6) is 0 Å². The van der Waals surface area contributed by atoms with Gasteiger partial charge in [-0.15, -0.1) is 0 Å². The largest absolute Gasteiger partial charge is 0.344 e. The van der Waals surface area contributed by atoms with Crippen molar-refractivity contribution in [3.05, 3.63) is 69.7 Å². The minimum Gasteiger partial charge on any atom is -0.344 e. The lowest BCUT2D eigenvalue weighted by molar-refractivity contribution is -0.115. The highest BCUT2D eigenvalue weighted by Crippen LogP contribution is 2.33. The first-order valence-electron chi connectivity index (χ1n) is 9.08. The van der Waals surface area contributed by atoms with E-state index in [9.17, 15) is 4.79 Å². The Morgan fingerprint density at radius 2 is 1.96 bits per heavy atom. The number of fused-ring (bicyclic) bond motifs is 1. The summed E-state index contributed by atoms with van der Waals surface area (Å²) in [6.45, 7) is 6.22. The van der Waals surface area contributed by atoms with E-state index >= 15 is 0 Å². The molecule has 1 amide bonds. The van der Waals surface area contributed by atoms with Crippen molar-refractivity contribution in [3.63, 3.8) is 0 Å². The Bertz CT molecular complexity index is 1140. The Hall–Kier alpha value is -2.50. The molecule has 4 rings (SSSR count). The van der Waals surface area contributed by atoms with Crippen molar-refractivity contribution in [1.29, 1.82) is 0 Å². The van der Waals surface area contributed by atoms with Crippen LogP contribution in [-0.4, -0.2) is 15.6 Å². The van der Waals surface area contributed by atoms with E-state index in [1.165, 1.54) is 11.8 Å². The van der Waals surface area contributed by atoms with Crippen LogP contribution in [0.15, 0.2) is 58.6 Å². The monoisotopic (exact) mass is 409 g/mol. The number of hydrogen-bond donors (Lipinski definition) is 1. The van der Waals surface area contributed by atoms with Gasteiger partial charge in [-0.1, -0.05) is 35.9 Å². The Labute approximate surface area is 173 Å². The number of nitrogens with zero attached hydrogens (tertiary/aromatic N) is 2. The molecule has 28 heavy (non-hydrogen) atoms. The highest BCUT2D eigenvalue weighted by molar-refractivity contribution is 8.18. The summed E-state index contributed by atoms with van der Waals surface area (Å²) in [7, 11) is 0. The van der Waals surface area contributed by atoms with Crippen LogP contribution in [0.4, 0.5) is 5.69 Å². The van der Waals surface area contributed by atoms with Crippen molar-refractivity contribution in [1.82, 2.24) is 9.88 Å². The summed E-state index contributed by atoms with van der Waals surface area (Å²) in [6, 6.07) is 14.2. The van der Waals surface area contributed by atoms with Crippen LogP contribution in [-0.2, 0) is 4.79 Å². The quantitative estimate of drug-likeness (QED) is 0.533. The van der Waals surface area contributed by atoms with E-state index in [0.717, 1.165) is 27.7 Å². The van der Waals surface area contributed by atoms with Gasteiger partial charge in [-0.05, 0) is 62.4 Å². The maximum absolute atomic E-state index is 12.5. The predicted octanol–water partition coefficient (Wildman–Crippen LogP) is 6.08. The van der Waals surface area contributed by atoms with Gasteiger partial charge in [0.25, 0.3) is 5.91 Å². The van der Waals surface area contributed by atoms with Gasteiger partial charge in [-0.2, -0.15) is 0 Å². The summed E-state index contributed by atoms with van der Waals surface area (Å²) >= 11 is 7.52. The summed E-state index contributed by atoms with van der Waals surface area (Å²) in [5.41, 5.74) is 3.84. The molecule has 0 saturated carbocycles. The van der Waals surface area contributed by atoms with Crippen molar-refractivity contribution in [2.45, 2.75) is 26.8 Å². The predicted molar refractivity (Wildman–Crippen MR) is 119 cm³/mol. The zero-order valence-electron chi connectivity index (χ0n) is 15.9. The normalized spacial score (nSPS) is 17.2. The fourth-order valence-electron chi connectivity index (χ4n) is 3.22. The average molecular weight is 410 g/mol. The number of benzene rings is 2. The molecule has 1 N–H and O–H groups in total. The number of aliphatic imine (C=N–C) groups is 1. The molecule has 1 aromatic heterocycles. The average Bonchev–Trinajstić information content (AvgIpc) is 3.20. The second-order valence-corrected chi connectivity index (χ2v) is 8.41. The number of para-hydroxylation sites is 1. The van der Waals surface area contributed by atoms with Gasteiger partial charge in [0.15, 0.2) is 5.17 Å². The molecule has 4 nitrogen and oxygen atoms in total. The molecule has 2 heterocycles. The zero-order valence-corrected chi connectivity index (χ0v) is 17.4. The minimum absolute atomic E-state index is 0.134. The third-order valence-electron chi connectivity index (χ3n) is 4.73. The molecule has 0 atom stereocenters. The van der Waals surface area contributed by atoms with Gasteiger partial charge in [0.1, 0.15) is 0 Å². The van der Waals surface area contributed by atoms with E-state index in [1.807, 2.05) is 43.3 Å². The second kappa shape index (κ2) is 7.49. The Kier molecular flexibility index (Phi) is 5.04. The number of amides is 1. The molecule has 0 radical (unpaired) electrons. The maximum Gasteiger partial charge on any atom is 0.264 e. The molecule has 1 fully saturated rings. The molecule has 1 saturated heterocycles. The number of carbonyl (C=O) groups is 1. The van der Waals surface area contributed by atoms with Gasteiger partial charge >= 0.3 is 0 Å². The smallest absolute Gasteiger partial charge is 0.264 e. The highest BCUT2D eigenvalue weighted by Gasteiger charge is 2.24. The minimum atomic E-state index is -0.134. The topological polar surface area (TPSA) is 46.4 Å². The van der Waals surface area contributed by atoms with Gasteiger partial charge in [0.05, 0.1) is 10.6 Å². The molecule has 0 unspecified atom stereocenters. The first kappa shape index (κ1) is 18.8. The number of amidine groups is 1. The Balaban J connectivity index is 1.70. The standard InChI is InChI=1S/C22H20ClN3OS/c1-13(2)26-12-15(16-7-4-5-10-19(16)26)11-20-21(27)25-22(28-20)24-18-9-6-8-17(23)14(18)3/h4-13H,1-3H3,(H,24,25,27)/b20-11+. The van der Waals surface area contributed by atoms with Crippen LogP contribution in [0.3, 0.4) is 0 Å². The van der Waals surface area contributed by atoms with Crippen LogP contribution in [0.1, 0.15) is 31.0 Å². The summed E-state index contributed by atoms with van der Waals surface area (Å²) in [5, 5.41) is 5.21. The van der Waals surface area contributed by atoms with Crippen molar-refractivity contribution in [3.8, 4) is 0 Å². The van der Waals surface area contributed by atoms with E-state index in [2.05, 4.69) is 47.1 Å². The lowest BCUT2D eigenvalue weighted by Gasteiger charge is -2.08. The van der Waals surface area contributed by atoms with E-state index in [1.54, 1.807) is 0 Å². The Morgan fingerprint density at radius 1 is 1.18 bits per heavy atom. The number of carbonyl (C=O) groups excluding carboxylic acids is 1. The fourth-order valence-corrected chi connectivity index (χ4v) is 4.22.